The highest BCUT2D eigenvalue weighted by atomic mass is 32.1. The Bertz CT molecular complexity index is 840. The van der Waals surface area contributed by atoms with Crippen LogP contribution in [0.5, 0.6) is 0 Å². The van der Waals surface area contributed by atoms with Crippen LogP contribution in [0.2, 0.25) is 0 Å². The van der Waals surface area contributed by atoms with E-state index in [9.17, 15) is 9.59 Å². The molecule has 2 saturated heterocycles. The number of carbonyl (C=O) groups is 2. The second kappa shape index (κ2) is 10.8. The Labute approximate surface area is 187 Å². The summed E-state index contributed by atoms with van der Waals surface area (Å²) in [4.78, 5) is 33.7. The fraction of sp³-hybridized carbons (Fsp3) is 0.522. The minimum absolute atomic E-state index is 0.00219. The summed E-state index contributed by atoms with van der Waals surface area (Å²) in [6, 6.07) is 5.80. The third-order valence-corrected chi connectivity index (χ3v) is 6.58. The minimum atomic E-state index is -0.238. The van der Waals surface area contributed by atoms with Gasteiger partial charge in [0.05, 0.1) is 25.7 Å². The third-order valence-electron chi connectivity index (χ3n) is 5.84. The number of carbonyl (C=O) groups excluding carboxylic acids is 2. The van der Waals surface area contributed by atoms with E-state index in [1.165, 1.54) is 0 Å². The van der Waals surface area contributed by atoms with Gasteiger partial charge in [0.15, 0.2) is 0 Å². The van der Waals surface area contributed by atoms with Gasteiger partial charge in [0.25, 0.3) is 0 Å². The predicted octanol–water partition coefficient (Wildman–Crippen LogP) is 2.37. The van der Waals surface area contributed by atoms with Crippen LogP contribution in [0.25, 0.3) is 0 Å². The number of ether oxygens (including phenoxy) is 2. The Kier molecular flexibility index (Phi) is 7.66. The number of hydrogen-bond donors (Lipinski definition) is 0. The molecule has 1 unspecified atom stereocenters. The molecule has 0 saturated carbocycles. The zero-order valence-electron chi connectivity index (χ0n) is 17.7. The molecule has 2 amide bonds. The van der Waals surface area contributed by atoms with Crippen molar-refractivity contribution in [3.63, 3.8) is 0 Å². The fourth-order valence-electron chi connectivity index (χ4n) is 4.07. The first-order valence-electron chi connectivity index (χ1n) is 10.8. The van der Waals surface area contributed by atoms with Crippen molar-refractivity contribution in [2.24, 2.45) is 5.92 Å². The van der Waals surface area contributed by atoms with E-state index in [1.807, 2.05) is 33.9 Å². The van der Waals surface area contributed by atoms with Gasteiger partial charge in [-0.05, 0) is 52.8 Å². The summed E-state index contributed by atoms with van der Waals surface area (Å²) in [6.07, 6.45) is 5.51. The van der Waals surface area contributed by atoms with Crippen LogP contribution in [0, 0.1) is 5.92 Å². The normalized spacial score (nSPS) is 20.6. The SMILES string of the molecule is O=C(Cc1ccsc1)N1CC(=O)N(CC2CCOCC2)CC(OCc2cccnc2)C1. The van der Waals surface area contributed by atoms with Crippen molar-refractivity contribution < 1.29 is 19.1 Å². The summed E-state index contributed by atoms with van der Waals surface area (Å²) in [5.41, 5.74) is 1.96. The number of amides is 2. The number of pyridine rings is 1. The quantitative estimate of drug-likeness (QED) is 0.657. The lowest BCUT2D eigenvalue weighted by Crippen LogP contribution is -2.42. The lowest BCUT2D eigenvalue weighted by molar-refractivity contribution is -0.138. The Morgan fingerprint density at radius 1 is 1.23 bits per heavy atom. The molecular formula is C23H29N3O4S. The minimum Gasteiger partial charge on any atom is -0.381 e. The lowest BCUT2D eigenvalue weighted by Gasteiger charge is -2.30. The third kappa shape index (κ3) is 6.35. The topological polar surface area (TPSA) is 72.0 Å². The smallest absolute Gasteiger partial charge is 0.242 e. The van der Waals surface area contributed by atoms with Crippen LogP contribution in [0.1, 0.15) is 24.0 Å². The fourth-order valence-corrected chi connectivity index (χ4v) is 4.74. The van der Waals surface area contributed by atoms with Gasteiger partial charge in [0.1, 0.15) is 0 Å². The van der Waals surface area contributed by atoms with E-state index in [2.05, 4.69) is 4.98 Å². The van der Waals surface area contributed by atoms with Crippen molar-refractivity contribution in [3.8, 4) is 0 Å². The first-order valence-corrected chi connectivity index (χ1v) is 11.8. The number of hydrogen-bond acceptors (Lipinski definition) is 6. The van der Waals surface area contributed by atoms with Gasteiger partial charge in [-0.25, -0.2) is 0 Å². The van der Waals surface area contributed by atoms with Crippen molar-refractivity contribution in [3.05, 3.63) is 52.5 Å². The highest BCUT2D eigenvalue weighted by Gasteiger charge is 2.32. The van der Waals surface area contributed by atoms with Gasteiger partial charge in [0, 0.05) is 45.2 Å². The summed E-state index contributed by atoms with van der Waals surface area (Å²) in [6.45, 7) is 3.63. The van der Waals surface area contributed by atoms with E-state index in [0.29, 0.717) is 38.6 Å². The highest BCUT2D eigenvalue weighted by Crippen LogP contribution is 2.19. The Morgan fingerprint density at radius 3 is 2.84 bits per heavy atom. The molecule has 31 heavy (non-hydrogen) atoms. The van der Waals surface area contributed by atoms with E-state index in [0.717, 1.165) is 37.2 Å². The average molecular weight is 444 g/mol. The van der Waals surface area contributed by atoms with Crippen LogP contribution in [-0.2, 0) is 32.1 Å². The molecule has 4 rings (SSSR count). The van der Waals surface area contributed by atoms with E-state index < -0.39 is 0 Å². The van der Waals surface area contributed by atoms with Crippen LogP contribution in [0.4, 0.5) is 0 Å². The summed E-state index contributed by atoms with van der Waals surface area (Å²) in [7, 11) is 0. The molecule has 7 nitrogen and oxygen atoms in total. The van der Waals surface area contributed by atoms with Crippen molar-refractivity contribution in [2.75, 3.05) is 39.4 Å². The molecule has 0 N–H and O–H groups in total. The first kappa shape index (κ1) is 21.9. The molecule has 8 heteroatoms. The van der Waals surface area contributed by atoms with Gasteiger partial charge in [0.2, 0.25) is 11.8 Å². The lowest BCUT2D eigenvalue weighted by atomic mass is 9.99. The Hall–Kier alpha value is -2.29. The molecule has 2 aromatic heterocycles. The second-order valence-electron chi connectivity index (χ2n) is 8.23. The molecule has 2 aliphatic rings. The molecule has 0 radical (unpaired) electrons. The second-order valence-corrected chi connectivity index (χ2v) is 9.01. The van der Waals surface area contributed by atoms with Crippen molar-refractivity contribution in [2.45, 2.75) is 32.0 Å². The summed E-state index contributed by atoms with van der Waals surface area (Å²) in [5, 5.41) is 3.94. The zero-order chi connectivity index (χ0) is 21.5. The number of nitrogens with zero attached hydrogens (tertiary/aromatic N) is 3. The van der Waals surface area contributed by atoms with Gasteiger partial charge < -0.3 is 19.3 Å². The largest absolute Gasteiger partial charge is 0.381 e. The van der Waals surface area contributed by atoms with Crippen LogP contribution in [0.3, 0.4) is 0 Å². The van der Waals surface area contributed by atoms with Crippen LogP contribution in [0.15, 0.2) is 41.4 Å². The van der Waals surface area contributed by atoms with E-state index in [4.69, 9.17) is 9.47 Å². The predicted molar refractivity (Wildman–Crippen MR) is 118 cm³/mol. The molecule has 2 fully saturated rings. The standard InChI is InChI=1S/C23H29N3O4S/c27-22(10-19-5-9-31-17-19)26-14-21(30-16-20-2-1-6-24-11-20)13-25(23(28)15-26)12-18-3-7-29-8-4-18/h1-2,5-6,9,11,17-18,21H,3-4,7-8,10,12-16H2. The number of thiophene rings is 1. The van der Waals surface area contributed by atoms with Crippen molar-refractivity contribution >= 4 is 23.2 Å². The molecule has 2 aromatic rings. The first-order chi connectivity index (χ1) is 15.2. The maximum absolute atomic E-state index is 13.1. The molecule has 0 aromatic carbocycles. The summed E-state index contributed by atoms with van der Waals surface area (Å²) < 4.78 is 11.6. The molecule has 166 valence electrons. The molecule has 0 aliphatic carbocycles. The van der Waals surface area contributed by atoms with Gasteiger partial charge >= 0.3 is 0 Å². The number of aromatic nitrogens is 1. The van der Waals surface area contributed by atoms with Gasteiger partial charge in [-0.1, -0.05) is 6.07 Å². The van der Waals surface area contributed by atoms with Crippen molar-refractivity contribution in [1.29, 1.82) is 0 Å². The van der Waals surface area contributed by atoms with Gasteiger partial charge in [-0.2, -0.15) is 11.3 Å². The number of rotatable bonds is 7. The van der Waals surface area contributed by atoms with Crippen molar-refractivity contribution in [1.82, 2.24) is 14.8 Å². The summed E-state index contributed by atoms with van der Waals surface area (Å²) in [5.74, 6) is 0.400. The monoisotopic (exact) mass is 443 g/mol. The van der Waals surface area contributed by atoms with E-state index in [1.54, 1.807) is 28.6 Å². The van der Waals surface area contributed by atoms with E-state index >= 15 is 0 Å². The average Bonchev–Trinajstić information content (AvgIpc) is 3.25. The Balaban J connectivity index is 1.44. The zero-order valence-corrected chi connectivity index (χ0v) is 18.5. The van der Waals surface area contributed by atoms with Crippen LogP contribution >= 0.6 is 11.3 Å². The molecule has 2 aliphatic heterocycles. The molecule has 0 spiro atoms. The van der Waals surface area contributed by atoms with Gasteiger partial charge in [-0.15, -0.1) is 0 Å². The maximum atomic E-state index is 13.1. The Morgan fingerprint density at radius 2 is 2.10 bits per heavy atom. The molecule has 4 heterocycles. The molecule has 0 bridgehead atoms. The van der Waals surface area contributed by atoms with Crippen LogP contribution < -0.4 is 0 Å². The highest BCUT2D eigenvalue weighted by molar-refractivity contribution is 7.08. The molecular weight excluding hydrogens is 414 g/mol. The summed E-state index contributed by atoms with van der Waals surface area (Å²) >= 11 is 1.57. The maximum Gasteiger partial charge on any atom is 0.242 e. The molecule has 1 atom stereocenters. The van der Waals surface area contributed by atoms with Crippen LogP contribution in [-0.4, -0.2) is 72.1 Å². The van der Waals surface area contributed by atoms with E-state index in [-0.39, 0.29) is 24.5 Å². The van der Waals surface area contributed by atoms with Gasteiger partial charge in [-0.3, -0.25) is 14.6 Å².